The van der Waals surface area contributed by atoms with Crippen molar-refractivity contribution in [3.8, 4) is 11.4 Å². The molecule has 2 aromatic heterocycles. The standard InChI is InChI=1S/C11H6BrClN4/c12-6-1-2-8(13)7(3-6)10-16-9-4-14-5-15-11(9)17-10/h1-5H,(H,14,15,16,17). The Balaban J connectivity index is 2.23. The summed E-state index contributed by atoms with van der Waals surface area (Å²) >= 11 is 9.55. The second kappa shape index (κ2) is 4.09. The Hall–Kier alpha value is -1.46. The van der Waals surface area contributed by atoms with Gasteiger partial charge in [0.25, 0.3) is 0 Å². The van der Waals surface area contributed by atoms with E-state index >= 15 is 0 Å². The van der Waals surface area contributed by atoms with E-state index in [-0.39, 0.29) is 0 Å². The van der Waals surface area contributed by atoms with Crippen molar-refractivity contribution in [3.63, 3.8) is 0 Å². The number of imidazole rings is 1. The summed E-state index contributed by atoms with van der Waals surface area (Å²) in [6, 6.07) is 5.61. The van der Waals surface area contributed by atoms with Gasteiger partial charge in [0, 0.05) is 10.0 Å². The highest BCUT2D eigenvalue weighted by Gasteiger charge is 2.09. The topological polar surface area (TPSA) is 54.5 Å². The molecule has 0 saturated carbocycles. The fourth-order valence-corrected chi connectivity index (χ4v) is 2.14. The van der Waals surface area contributed by atoms with E-state index in [9.17, 15) is 0 Å². The molecular formula is C11H6BrClN4. The molecule has 0 aliphatic carbocycles. The molecule has 3 aromatic rings. The Morgan fingerprint density at radius 1 is 1.29 bits per heavy atom. The van der Waals surface area contributed by atoms with E-state index in [1.807, 2.05) is 18.2 Å². The van der Waals surface area contributed by atoms with Gasteiger partial charge in [0.1, 0.15) is 17.7 Å². The lowest BCUT2D eigenvalue weighted by Gasteiger charge is -2.00. The Morgan fingerprint density at radius 2 is 2.18 bits per heavy atom. The van der Waals surface area contributed by atoms with Crippen LogP contribution in [0.1, 0.15) is 0 Å². The molecule has 17 heavy (non-hydrogen) atoms. The zero-order chi connectivity index (χ0) is 11.8. The van der Waals surface area contributed by atoms with Gasteiger partial charge in [0.05, 0.1) is 11.2 Å². The van der Waals surface area contributed by atoms with Crippen LogP contribution < -0.4 is 0 Å². The smallest absolute Gasteiger partial charge is 0.181 e. The molecule has 0 saturated heterocycles. The van der Waals surface area contributed by atoms with Crippen molar-refractivity contribution in [3.05, 3.63) is 40.2 Å². The molecule has 0 unspecified atom stereocenters. The summed E-state index contributed by atoms with van der Waals surface area (Å²) in [6.07, 6.45) is 3.15. The van der Waals surface area contributed by atoms with Crippen LogP contribution in [0.15, 0.2) is 35.2 Å². The van der Waals surface area contributed by atoms with Crippen molar-refractivity contribution >= 4 is 38.7 Å². The molecule has 0 spiro atoms. The number of hydrogen-bond donors (Lipinski definition) is 1. The number of halogens is 2. The number of fused-ring (bicyclic) bond motifs is 1. The van der Waals surface area contributed by atoms with Crippen molar-refractivity contribution in [2.45, 2.75) is 0 Å². The van der Waals surface area contributed by atoms with Crippen LogP contribution in [0, 0.1) is 0 Å². The lowest BCUT2D eigenvalue weighted by molar-refractivity contribution is 1.20. The van der Waals surface area contributed by atoms with Crippen LogP contribution in [0.2, 0.25) is 5.02 Å². The van der Waals surface area contributed by atoms with Crippen molar-refractivity contribution in [2.75, 3.05) is 0 Å². The third-order valence-electron chi connectivity index (χ3n) is 2.35. The van der Waals surface area contributed by atoms with Gasteiger partial charge in [-0.2, -0.15) is 0 Å². The van der Waals surface area contributed by atoms with E-state index < -0.39 is 0 Å². The summed E-state index contributed by atoms with van der Waals surface area (Å²) in [5.41, 5.74) is 2.25. The van der Waals surface area contributed by atoms with Gasteiger partial charge in [0.15, 0.2) is 5.65 Å². The minimum absolute atomic E-state index is 0.631. The van der Waals surface area contributed by atoms with Crippen molar-refractivity contribution in [1.29, 1.82) is 0 Å². The summed E-state index contributed by atoms with van der Waals surface area (Å²) in [5.74, 6) is 0.687. The summed E-state index contributed by atoms with van der Waals surface area (Å²) in [6.45, 7) is 0. The molecule has 0 atom stereocenters. The Morgan fingerprint density at radius 3 is 3.00 bits per heavy atom. The molecule has 6 heteroatoms. The van der Waals surface area contributed by atoms with Crippen LogP contribution in [0.3, 0.4) is 0 Å². The molecule has 0 fully saturated rings. The van der Waals surface area contributed by atoms with Gasteiger partial charge in [-0.3, -0.25) is 0 Å². The maximum atomic E-state index is 6.14. The van der Waals surface area contributed by atoms with Gasteiger partial charge in [-0.05, 0) is 18.2 Å². The molecular weight excluding hydrogens is 304 g/mol. The monoisotopic (exact) mass is 308 g/mol. The maximum Gasteiger partial charge on any atom is 0.181 e. The number of aromatic amines is 1. The zero-order valence-electron chi connectivity index (χ0n) is 8.48. The highest BCUT2D eigenvalue weighted by Crippen LogP contribution is 2.29. The summed E-state index contributed by atoms with van der Waals surface area (Å²) in [7, 11) is 0. The fourth-order valence-electron chi connectivity index (χ4n) is 1.57. The van der Waals surface area contributed by atoms with Gasteiger partial charge >= 0.3 is 0 Å². The van der Waals surface area contributed by atoms with Crippen LogP contribution in [0.25, 0.3) is 22.6 Å². The van der Waals surface area contributed by atoms with E-state index in [0.717, 1.165) is 15.6 Å². The first kappa shape index (κ1) is 10.7. The second-order valence-corrected chi connectivity index (χ2v) is 4.79. The lowest BCUT2D eigenvalue weighted by atomic mass is 10.2. The number of nitrogens with one attached hydrogen (secondary N) is 1. The summed E-state index contributed by atoms with van der Waals surface area (Å²) in [4.78, 5) is 15.5. The SMILES string of the molecule is Clc1ccc(Br)cc1-c1nc2ncncc2[nH]1. The molecule has 0 bridgehead atoms. The molecule has 1 N–H and O–H groups in total. The maximum absolute atomic E-state index is 6.14. The average Bonchev–Trinajstić information content (AvgIpc) is 2.75. The number of benzene rings is 1. The first-order valence-electron chi connectivity index (χ1n) is 4.85. The Labute approximate surface area is 110 Å². The fraction of sp³-hybridized carbons (Fsp3) is 0. The minimum Gasteiger partial charge on any atom is -0.335 e. The highest BCUT2D eigenvalue weighted by atomic mass is 79.9. The zero-order valence-corrected chi connectivity index (χ0v) is 10.8. The molecule has 0 radical (unpaired) electrons. The third-order valence-corrected chi connectivity index (χ3v) is 3.17. The van der Waals surface area contributed by atoms with Crippen LogP contribution in [0.4, 0.5) is 0 Å². The van der Waals surface area contributed by atoms with Gasteiger partial charge in [0.2, 0.25) is 0 Å². The number of H-pyrrole nitrogens is 1. The first-order chi connectivity index (χ1) is 8.24. The molecule has 1 aromatic carbocycles. The molecule has 0 amide bonds. The van der Waals surface area contributed by atoms with Crippen LogP contribution in [0.5, 0.6) is 0 Å². The second-order valence-electron chi connectivity index (χ2n) is 3.47. The minimum atomic E-state index is 0.631. The Bertz CT molecular complexity index is 662. The predicted molar refractivity (Wildman–Crippen MR) is 69.8 cm³/mol. The number of rotatable bonds is 1. The molecule has 84 valence electrons. The summed E-state index contributed by atoms with van der Waals surface area (Å²) < 4.78 is 0.948. The average molecular weight is 310 g/mol. The largest absolute Gasteiger partial charge is 0.335 e. The summed E-state index contributed by atoms with van der Waals surface area (Å²) in [5, 5.41) is 0.639. The number of aromatic nitrogens is 4. The molecule has 2 heterocycles. The number of hydrogen-bond acceptors (Lipinski definition) is 3. The Kier molecular flexibility index (Phi) is 2.57. The van der Waals surface area contributed by atoms with Gasteiger partial charge in [-0.15, -0.1) is 0 Å². The van der Waals surface area contributed by atoms with E-state index in [2.05, 4.69) is 35.9 Å². The normalized spacial score (nSPS) is 10.9. The van der Waals surface area contributed by atoms with Crippen molar-refractivity contribution < 1.29 is 0 Å². The van der Waals surface area contributed by atoms with Crippen molar-refractivity contribution in [1.82, 2.24) is 19.9 Å². The van der Waals surface area contributed by atoms with E-state index in [4.69, 9.17) is 11.6 Å². The first-order valence-corrected chi connectivity index (χ1v) is 6.02. The predicted octanol–water partition coefficient (Wildman–Crippen LogP) is 3.44. The lowest BCUT2D eigenvalue weighted by Crippen LogP contribution is -1.82. The van der Waals surface area contributed by atoms with E-state index in [1.54, 1.807) is 6.20 Å². The van der Waals surface area contributed by atoms with E-state index in [1.165, 1.54) is 6.33 Å². The molecule has 0 aliphatic rings. The van der Waals surface area contributed by atoms with Gasteiger partial charge in [-0.25, -0.2) is 15.0 Å². The van der Waals surface area contributed by atoms with Crippen LogP contribution in [-0.2, 0) is 0 Å². The van der Waals surface area contributed by atoms with Crippen LogP contribution >= 0.6 is 27.5 Å². The van der Waals surface area contributed by atoms with Gasteiger partial charge < -0.3 is 4.98 Å². The molecule has 0 aliphatic heterocycles. The van der Waals surface area contributed by atoms with Crippen LogP contribution in [-0.4, -0.2) is 19.9 Å². The van der Waals surface area contributed by atoms with E-state index in [0.29, 0.717) is 16.5 Å². The van der Waals surface area contributed by atoms with Crippen molar-refractivity contribution in [2.24, 2.45) is 0 Å². The third kappa shape index (κ3) is 1.92. The molecule has 4 nitrogen and oxygen atoms in total. The molecule has 3 rings (SSSR count). The highest BCUT2D eigenvalue weighted by molar-refractivity contribution is 9.10. The van der Waals surface area contributed by atoms with Gasteiger partial charge in [-0.1, -0.05) is 27.5 Å². The quantitative estimate of drug-likeness (QED) is 0.749. The number of nitrogens with zero attached hydrogens (tertiary/aromatic N) is 3.